The monoisotopic (exact) mass is 432 g/mol. The van der Waals surface area contributed by atoms with E-state index in [-0.39, 0.29) is 30.3 Å². The molecule has 1 fully saturated rings. The van der Waals surface area contributed by atoms with Crippen LogP contribution < -0.4 is 4.74 Å². The fourth-order valence-corrected chi connectivity index (χ4v) is 3.63. The van der Waals surface area contributed by atoms with E-state index in [2.05, 4.69) is 0 Å². The maximum absolute atomic E-state index is 14.1. The van der Waals surface area contributed by atoms with Crippen LogP contribution in [0.25, 0.3) is 0 Å². The van der Waals surface area contributed by atoms with Gasteiger partial charge in [0.05, 0.1) is 18.3 Å². The molecule has 1 aliphatic rings. The number of aliphatic hydroxyl groups excluding tert-OH is 2. The third kappa shape index (κ3) is 9.07. The van der Waals surface area contributed by atoms with E-state index in [0.29, 0.717) is 25.0 Å². The zero-order chi connectivity index (χ0) is 22.6. The van der Waals surface area contributed by atoms with Crippen molar-refractivity contribution in [1.82, 2.24) is 0 Å². The zero-order valence-corrected chi connectivity index (χ0v) is 18.2. The van der Waals surface area contributed by atoms with Crippen molar-refractivity contribution in [3.63, 3.8) is 0 Å². The molecule has 0 aliphatic heterocycles. The van der Waals surface area contributed by atoms with E-state index in [1.807, 2.05) is 32.1 Å². The van der Waals surface area contributed by atoms with Crippen LogP contribution in [0.5, 0.6) is 5.75 Å². The molecule has 31 heavy (non-hydrogen) atoms. The lowest BCUT2D eigenvalue weighted by atomic mass is 9.90. The van der Waals surface area contributed by atoms with Crippen LogP contribution in [0.15, 0.2) is 66.7 Å². The van der Waals surface area contributed by atoms with Gasteiger partial charge in [-0.25, -0.2) is 4.39 Å². The highest BCUT2D eigenvalue weighted by Crippen LogP contribution is 2.36. The van der Waals surface area contributed by atoms with Gasteiger partial charge < -0.3 is 19.7 Å². The summed E-state index contributed by atoms with van der Waals surface area (Å²) in [5.74, 6) is -0.787. The molecule has 0 heterocycles. The Balaban J connectivity index is 1.82. The highest BCUT2D eigenvalue weighted by Gasteiger charge is 2.39. The number of benzene rings is 1. The summed E-state index contributed by atoms with van der Waals surface area (Å²) in [7, 11) is 0. The molecule has 0 amide bonds. The fraction of sp³-hybridized carbons (Fsp3) is 0.480. The summed E-state index contributed by atoms with van der Waals surface area (Å²) in [4.78, 5) is 11.5. The van der Waals surface area contributed by atoms with Crippen molar-refractivity contribution in [3.8, 4) is 5.75 Å². The van der Waals surface area contributed by atoms with Crippen molar-refractivity contribution in [2.24, 2.45) is 11.8 Å². The third-order valence-corrected chi connectivity index (χ3v) is 5.14. The van der Waals surface area contributed by atoms with Crippen molar-refractivity contribution in [3.05, 3.63) is 66.7 Å². The van der Waals surface area contributed by atoms with Gasteiger partial charge in [-0.1, -0.05) is 36.4 Å². The molecule has 1 aliphatic carbocycles. The van der Waals surface area contributed by atoms with Crippen molar-refractivity contribution in [2.45, 2.75) is 64.3 Å². The quantitative estimate of drug-likeness (QED) is 0.172. The van der Waals surface area contributed by atoms with E-state index >= 15 is 0 Å². The number of rotatable bonds is 11. The number of hydrogen-bond acceptors (Lipinski definition) is 5. The highest BCUT2D eigenvalue weighted by molar-refractivity contribution is 5.69. The van der Waals surface area contributed by atoms with Crippen molar-refractivity contribution in [1.29, 1.82) is 0 Å². The van der Waals surface area contributed by atoms with Crippen molar-refractivity contribution >= 4 is 5.97 Å². The number of carbonyl (C=O) groups excluding carboxylic acids is 1. The average molecular weight is 433 g/mol. The Morgan fingerprint density at radius 2 is 1.94 bits per heavy atom. The third-order valence-electron chi connectivity index (χ3n) is 5.14. The predicted octanol–water partition coefficient (Wildman–Crippen LogP) is 4.86. The molecule has 2 rings (SSSR count). The smallest absolute Gasteiger partial charge is 0.306 e. The molecule has 0 aromatic heterocycles. The molecule has 1 aromatic rings. The van der Waals surface area contributed by atoms with Gasteiger partial charge in [0.1, 0.15) is 12.0 Å². The molecule has 0 radical (unpaired) electrons. The minimum atomic E-state index is -0.724. The van der Waals surface area contributed by atoms with E-state index in [0.717, 1.165) is 12.7 Å². The summed E-state index contributed by atoms with van der Waals surface area (Å²) >= 11 is 0. The van der Waals surface area contributed by atoms with E-state index in [4.69, 9.17) is 9.47 Å². The second-order valence-electron chi connectivity index (χ2n) is 8.04. The average Bonchev–Trinajstić information content (AvgIpc) is 3.00. The second kappa shape index (κ2) is 13.1. The van der Waals surface area contributed by atoms with Gasteiger partial charge in [0.15, 0.2) is 5.83 Å². The minimum Gasteiger partial charge on any atom is -0.463 e. The first-order chi connectivity index (χ1) is 14.9. The van der Waals surface area contributed by atoms with Gasteiger partial charge in [0.25, 0.3) is 0 Å². The molecule has 6 heteroatoms. The SMILES string of the molecule is CC(C)OC(=O)CCC/C=C\C[C@@H]1[C@@H](/C=C/C(F)=C\Oc2ccccc2)[C@H](O)C[C@@H]1O. The lowest BCUT2D eigenvalue weighted by molar-refractivity contribution is -0.147. The normalized spacial score (nSPS) is 24.4. The highest BCUT2D eigenvalue weighted by atomic mass is 19.1. The first-order valence-corrected chi connectivity index (χ1v) is 10.8. The number of esters is 1. The van der Waals surface area contributed by atoms with Crippen LogP contribution in [0.4, 0.5) is 4.39 Å². The zero-order valence-electron chi connectivity index (χ0n) is 18.2. The van der Waals surface area contributed by atoms with Crippen LogP contribution in [0.3, 0.4) is 0 Å². The Labute approximate surface area is 183 Å². The summed E-state index contributed by atoms with van der Waals surface area (Å²) in [6.07, 6.45) is 8.95. The number of aliphatic hydroxyl groups is 2. The van der Waals surface area contributed by atoms with Gasteiger partial charge in [-0.15, -0.1) is 0 Å². The topological polar surface area (TPSA) is 76.0 Å². The Morgan fingerprint density at radius 3 is 2.65 bits per heavy atom. The number of ether oxygens (including phenoxy) is 2. The molecule has 0 saturated heterocycles. The number of allylic oxidation sites excluding steroid dienone is 4. The molecular weight excluding hydrogens is 399 g/mol. The molecular formula is C25H33FO5. The maximum atomic E-state index is 14.1. The second-order valence-corrected chi connectivity index (χ2v) is 8.04. The van der Waals surface area contributed by atoms with E-state index in [1.54, 1.807) is 30.3 Å². The van der Waals surface area contributed by atoms with Gasteiger partial charge in [-0.3, -0.25) is 4.79 Å². The molecule has 1 aromatic carbocycles. The van der Waals surface area contributed by atoms with Crippen LogP contribution in [0.1, 0.15) is 46.0 Å². The van der Waals surface area contributed by atoms with Crippen LogP contribution in [0, 0.1) is 11.8 Å². The summed E-state index contributed by atoms with van der Waals surface area (Å²) < 4.78 is 24.4. The molecule has 0 unspecified atom stereocenters. The number of para-hydroxylation sites is 1. The van der Waals surface area contributed by atoms with Crippen LogP contribution in [0.2, 0.25) is 0 Å². The summed E-state index contributed by atoms with van der Waals surface area (Å²) in [5.41, 5.74) is 0. The molecule has 4 atom stereocenters. The molecule has 5 nitrogen and oxygen atoms in total. The number of carbonyl (C=O) groups is 1. The Kier molecular flexibility index (Phi) is 10.5. The van der Waals surface area contributed by atoms with Crippen LogP contribution in [-0.4, -0.2) is 34.5 Å². The maximum Gasteiger partial charge on any atom is 0.306 e. The van der Waals surface area contributed by atoms with E-state index < -0.39 is 18.0 Å². The standard InChI is InChI=1S/C25H33FO5/c1-18(2)31-25(29)13-9-4-3-8-12-21-22(24(28)16-23(21)27)15-14-19(26)17-30-20-10-6-5-7-11-20/h3,5-8,10-11,14-15,17-18,21-24,27-28H,4,9,12-13,16H2,1-2H3/b8-3-,15-14+,19-17+/t21-,22-,23+,24-/m1/s1. The minimum absolute atomic E-state index is 0.104. The van der Waals surface area contributed by atoms with Gasteiger partial charge in [0, 0.05) is 18.8 Å². The molecule has 1 saturated carbocycles. The Morgan fingerprint density at radius 1 is 1.19 bits per heavy atom. The molecule has 2 N–H and O–H groups in total. The fourth-order valence-electron chi connectivity index (χ4n) is 3.63. The van der Waals surface area contributed by atoms with Crippen LogP contribution >= 0.6 is 0 Å². The largest absolute Gasteiger partial charge is 0.463 e. The van der Waals surface area contributed by atoms with Crippen molar-refractivity contribution in [2.75, 3.05) is 0 Å². The number of hydrogen-bond donors (Lipinski definition) is 2. The predicted molar refractivity (Wildman–Crippen MR) is 118 cm³/mol. The first-order valence-electron chi connectivity index (χ1n) is 10.8. The summed E-state index contributed by atoms with van der Waals surface area (Å²) in [5, 5.41) is 20.5. The van der Waals surface area contributed by atoms with Gasteiger partial charge >= 0.3 is 5.97 Å². The van der Waals surface area contributed by atoms with Gasteiger partial charge in [-0.05, 0) is 57.2 Å². The van der Waals surface area contributed by atoms with Gasteiger partial charge in [0.2, 0.25) is 0 Å². The number of halogens is 1. The van der Waals surface area contributed by atoms with Gasteiger partial charge in [-0.2, -0.15) is 0 Å². The summed E-state index contributed by atoms with van der Waals surface area (Å²) in [6, 6.07) is 8.88. The first kappa shape index (κ1) is 24.8. The Hall–Kier alpha value is -2.44. The summed E-state index contributed by atoms with van der Waals surface area (Å²) in [6.45, 7) is 3.64. The van der Waals surface area contributed by atoms with E-state index in [9.17, 15) is 19.4 Å². The lowest BCUT2D eigenvalue weighted by Gasteiger charge is -2.19. The lowest BCUT2D eigenvalue weighted by Crippen LogP contribution is -2.19. The van der Waals surface area contributed by atoms with E-state index in [1.165, 1.54) is 6.08 Å². The van der Waals surface area contributed by atoms with Crippen molar-refractivity contribution < 1.29 is 28.9 Å². The van der Waals surface area contributed by atoms with Crippen LogP contribution in [-0.2, 0) is 9.53 Å². The molecule has 170 valence electrons. The number of unbranched alkanes of at least 4 members (excludes halogenated alkanes) is 1. The Bertz CT molecular complexity index is 756. The molecule has 0 bridgehead atoms. The molecule has 0 spiro atoms.